The van der Waals surface area contributed by atoms with Crippen LogP contribution >= 0.6 is 11.8 Å². The van der Waals surface area contributed by atoms with Crippen LogP contribution in [-0.2, 0) is 9.59 Å². The lowest BCUT2D eigenvalue weighted by Gasteiger charge is -2.20. The normalized spacial score (nSPS) is 15.1. The highest BCUT2D eigenvalue weighted by Crippen LogP contribution is 2.27. The van der Waals surface area contributed by atoms with Gasteiger partial charge in [0, 0.05) is 5.25 Å². The van der Waals surface area contributed by atoms with Gasteiger partial charge in [-0.15, -0.1) is 11.8 Å². The van der Waals surface area contributed by atoms with E-state index in [0.717, 1.165) is 18.9 Å². The van der Waals surface area contributed by atoms with E-state index in [0.29, 0.717) is 11.3 Å². The molecule has 1 aliphatic rings. The predicted molar refractivity (Wildman–Crippen MR) is 87.3 cm³/mol. The summed E-state index contributed by atoms with van der Waals surface area (Å²) in [6, 6.07) is 1.64. The molecular weight excluding hydrogens is 341 g/mol. The Hall–Kier alpha value is -1.70. The fourth-order valence-electron chi connectivity index (χ4n) is 2.47. The van der Waals surface area contributed by atoms with E-state index in [-0.39, 0.29) is 18.2 Å². The van der Waals surface area contributed by atoms with Crippen molar-refractivity contribution in [2.24, 2.45) is 0 Å². The molecule has 1 aromatic rings. The average molecular weight is 360 g/mol. The van der Waals surface area contributed by atoms with Gasteiger partial charge in [0.2, 0.25) is 11.8 Å². The number of hydrogen-bond donors (Lipinski definition) is 2. The van der Waals surface area contributed by atoms with Gasteiger partial charge in [-0.3, -0.25) is 9.59 Å². The van der Waals surface area contributed by atoms with E-state index >= 15 is 0 Å². The van der Waals surface area contributed by atoms with Crippen LogP contribution in [0.5, 0.6) is 0 Å². The second-order valence-corrected chi connectivity index (χ2v) is 6.91. The number of benzene rings is 1. The summed E-state index contributed by atoms with van der Waals surface area (Å²) < 4.78 is 39.3. The van der Waals surface area contributed by atoms with Crippen LogP contribution in [-0.4, -0.2) is 29.4 Å². The SMILES string of the molecule is O=C(CSC1CCCCC1)NCC(=O)Nc1ccc(F)c(F)c1F. The molecule has 0 atom stereocenters. The van der Waals surface area contributed by atoms with Gasteiger partial charge in [0.15, 0.2) is 17.5 Å². The second-order valence-electron chi connectivity index (χ2n) is 5.62. The van der Waals surface area contributed by atoms with Crippen LogP contribution in [0, 0.1) is 17.5 Å². The Morgan fingerprint density at radius 3 is 2.46 bits per heavy atom. The summed E-state index contributed by atoms with van der Waals surface area (Å²) in [5, 5.41) is 5.00. The molecule has 8 heteroatoms. The third-order valence-electron chi connectivity index (χ3n) is 3.76. The quantitative estimate of drug-likeness (QED) is 0.766. The lowest BCUT2D eigenvalue weighted by molar-refractivity contribution is -0.122. The topological polar surface area (TPSA) is 58.2 Å². The third-order valence-corrected chi connectivity index (χ3v) is 5.13. The van der Waals surface area contributed by atoms with Gasteiger partial charge in [-0.25, -0.2) is 13.2 Å². The number of amides is 2. The highest BCUT2D eigenvalue weighted by atomic mass is 32.2. The van der Waals surface area contributed by atoms with Crippen molar-refractivity contribution in [1.29, 1.82) is 0 Å². The van der Waals surface area contributed by atoms with Crippen LogP contribution in [0.2, 0.25) is 0 Å². The molecule has 2 rings (SSSR count). The minimum atomic E-state index is -1.65. The van der Waals surface area contributed by atoms with E-state index in [1.807, 2.05) is 0 Å². The van der Waals surface area contributed by atoms with Crippen molar-refractivity contribution in [2.45, 2.75) is 37.4 Å². The number of nitrogens with one attached hydrogen (secondary N) is 2. The molecule has 132 valence electrons. The summed E-state index contributed by atoms with van der Waals surface area (Å²) in [5.41, 5.74) is -0.468. The zero-order valence-electron chi connectivity index (χ0n) is 13.0. The van der Waals surface area contributed by atoms with E-state index < -0.39 is 29.0 Å². The molecule has 0 spiro atoms. The smallest absolute Gasteiger partial charge is 0.243 e. The van der Waals surface area contributed by atoms with Crippen molar-refractivity contribution in [3.8, 4) is 0 Å². The summed E-state index contributed by atoms with van der Waals surface area (Å²) in [4.78, 5) is 23.4. The van der Waals surface area contributed by atoms with Gasteiger partial charge in [-0.2, -0.15) is 0 Å². The highest BCUT2D eigenvalue weighted by Gasteiger charge is 2.17. The van der Waals surface area contributed by atoms with Crippen LogP contribution in [0.1, 0.15) is 32.1 Å². The minimum absolute atomic E-state index is 0.261. The summed E-state index contributed by atoms with van der Waals surface area (Å²) in [6.07, 6.45) is 5.81. The van der Waals surface area contributed by atoms with E-state index in [1.165, 1.54) is 19.3 Å². The van der Waals surface area contributed by atoms with Crippen LogP contribution < -0.4 is 10.6 Å². The van der Waals surface area contributed by atoms with Crippen LogP contribution in [0.3, 0.4) is 0 Å². The summed E-state index contributed by atoms with van der Waals surface area (Å²) in [7, 11) is 0. The minimum Gasteiger partial charge on any atom is -0.346 e. The number of halogens is 3. The van der Waals surface area contributed by atoms with Crippen LogP contribution in [0.4, 0.5) is 18.9 Å². The fourth-order valence-corrected chi connectivity index (χ4v) is 3.63. The van der Waals surface area contributed by atoms with Crippen LogP contribution in [0.25, 0.3) is 0 Å². The van der Waals surface area contributed by atoms with Crippen molar-refractivity contribution in [3.05, 3.63) is 29.6 Å². The molecule has 2 N–H and O–H groups in total. The van der Waals surface area contributed by atoms with Gasteiger partial charge < -0.3 is 10.6 Å². The van der Waals surface area contributed by atoms with Gasteiger partial charge in [0.1, 0.15) is 0 Å². The summed E-state index contributed by atoms with van der Waals surface area (Å²) >= 11 is 1.57. The Morgan fingerprint density at radius 2 is 1.75 bits per heavy atom. The Morgan fingerprint density at radius 1 is 1.04 bits per heavy atom. The fraction of sp³-hybridized carbons (Fsp3) is 0.500. The standard InChI is InChI=1S/C16H19F3N2O2S/c17-11-6-7-12(16(19)15(11)18)21-13(22)8-20-14(23)9-24-10-4-2-1-3-5-10/h6-7,10H,1-5,8-9H2,(H,20,23)(H,21,22). The first-order chi connectivity index (χ1) is 11.5. The van der Waals surface area contributed by atoms with Gasteiger partial charge in [0.25, 0.3) is 0 Å². The molecule has 0 radical (unpaired) electrons. The van der Waals surface area contributed by atoms with Gasteiger partial charge in [-0.1, -0.05) is 19.3 Å². The maximum atomic E-state index is 13.4. The van der Waals surface area contributed by atoms with Crippen molar-refractivity contribution in [2.75, 3.05) is 17.6 Å². The molecule has 0 bridgehead atoms. The number of carbonyl (C=O) groups excluding carboxylic acids is 2. The highest BCUT2D eigenvalue weighted by molar-refractivity contribution is 8.00. The van der Waals surface area contributed by atoms with Crippen molar-refractivity contribution < 1.29 is 22.8 Å². The number of anilines is 1. The van der Waals surface area contributed by atoms with E-state index in [2.05, 4.69) is 10.6 Å². The summed E-state index contributed by atoms with van der Waals surface area (Å²) in [5.74, 6) is -5.19. The molecule has 0 heterocycles. The molecule has 2 amide bonds. The Kier molecular flexibility index (Phi) is 6.96. The number of thioether (sulfide) groups is 1. The monoisotopic (exact) mass is 360 g/mol. The molecule has 0 unspecified atom stereocenters. The first kappa shape index (κ1) is 18.6. The number of hydrogen-bond acceptors (Lipinski definition) is 3. The zero-order chi connectivity index (χ0) is 17.5. The van der Waals surface area contributed by atoms with Crippen molar-refractivity contribution in [3.63, 3.8) is 0 Å². The average Bonchev–Trinajstić information content (AvgIpc) is 2.59. The molecule has 1 aliphatic carbocycles. The maximum absolute atomic E-state index is 13.4. The first-order valence-corrected chi connectivity index (χ1v) is 8.84. The summed E-state index contributed by atoms with van der Waals surface area (Å²) in [6.45, 7) is -0.359. The van der Waals surface area contributed by atoms with E-state index in [4.69, 9.17) is 0 Å². The number of carbonyl (C=O) groups is 2. The Bertz CT molecular complexity index is 607. The molecule has 0 aliphatic heterocycles. The molecule has 24 heavy (non-hydrogen) atoms. The lowest BCUT2D eigenvalue weighted by atomic mass is 10.0. The molecule has 1 aromatic carbocycles. The zero-order valence-corrected chi connectivity index (χ0v) is 13.9. The van der Waals surface area contributed by atoms with Gasteiger partial charge >= 0.3 is 0 Å². The van der Waals surface area contributed by atoms with Crippen LogP contribution in [0.15, 0.2) is 12.1 Å². The van der Waals surface area contributed by atoms with E-state index in [9.17, 15) is 22.8 Å². The lowest BCUT2D eigenvalue weighted by Crippen LogP contribution is -2.34. The third kappa shape index (κ3) is 5.43. The van der Waals surface area contributed by atoms with Crippen molar-refractivity contribution >= 4 is 29.3 Å². The largest absolute Gasteiger partial charge is 0.346 e. The molecule has 1 fully saturated rings. The van der Waals surface area contributed by atoms with Gasteiger partial charge in [0.05, 0.1) is 18.0 Å². The molecule has 0 saturated heterocycles. The first-order valence-electron chi connectivity index (χ1n) is 7.79. The molecule has 0 aromatic heterocycles. The molecule has 1 saturated carbocycles. The van der Waals surface area contributed by atoms with Crippen molar-refractivity contribution in [1.82, 2.24) is 5.32 Å². The molecular formula is C16H19F3N2O2S. The number of rotatable bonds is 6. The van der Waals surface area contributed by atoms with Gasteiger partial charge in [-0.05, 0) is 25.0 Å². The second kappa shape index (κ2) is 8.96. The maximum Gasteiger partial charge on any atom is 0.243 e. The Labute approximate surface area is 142 Å². The molecule has 4 nitrogen and oxygen atoms in total. The Balaban J connectivity index is 1.72. The predicted octanol–water partition coefficient (Wildman–Crippen LogP) is 3.22. The van der Waals surface area contributed by atoms with E-state index in [1.54, 1.807) is 11.8 Å².